The molecule has 0 spiro atoms. The zero-order valence-corrected chi connectivity index (χ0v) is 15.9. The van der Waals surface area contributed by atoms with Gasteiger partial charge < -0.3 is 15.5 Å². The van der Waals surface area contributed by atoms with E-state index in [-0.39, 0.29) is 5.91 Å². The van der Waals surface area contributed by atoms with Crippen molar-refractivity contribution in [1.82, 2.24) is 30.3 Å². The lowest BCUT2D eigenvalue weighted by atomic mass is 10.1. The molecule has 0 aliphatic heterocycles. The second-order valence-corrected chi connectivity index (χ2v) is 6.07. The van der Waals surface area contributed by atoms with Gasteiger partial charge in [-0.2, -0.15) is 5.10 Å². The van der Waals surface area contributed by atoms with Crippen LogP contribution in [0.4, 0.5) is 0 Å². The Labute approximate surface area is 154 Å². The number of amides is 1. The van der Waals surface area contributed by atoms with E-state index >= 15 is 0 Å². The average Bonchev–Trinajstić information content (AvgIpc) is 3.04. The maximum absolute atomic E-state index is 12.1. The second kappa shape index (κ2) is 9.55. The topological polar surface area (TPSA) is 87.4 Å². The van der Waals surface area contributed by atoms with Gasteiger partial charge >= 0.3 is 0 Å². The van der Waals surface area contributed by atoms with Gasteiger partial charge in [0.15, 0.2) is 5.96 Å². The number of nitrogens with zero attached hydrogens (tertiary/aromatic N) is 5. The Morgan fingerprint density at radius 3 is 2.77 bits per heavy atom. The SMILES string of the molecule is CCNC(=NCc1ncnn1C)NCCc1cccc(C(=O)N(C)C)c1. The van der Waals surface area contributed by atoms with Gasteiger partial charge in [0.1, 0.15) is 18.7 Å². The van der Waals surface area contributed by atoms with E-state index < -0.39 is 0 Å². The van der Waals surface area contributed by atoms with E-state index in [0.717, 1.165) is 30.3 Å². The number of carbonyl (C=O) groups is 1. The number of nitrogens with one attached hydrogen (secondary N) is 2. The van der Waals surface area contributed by atoms with Crippen molar-refractivity contribution in [3.05, 3.63) is 47.5 Å². The summed E-state index contributed by atoms with van der Waals surface area (Å²) in [7, 11) is 5.36. The lowest BCUT2D eigenvalue weighted by molar-refractivity contribution is 0.0827. The number of carbonyl (C=O) groups excluding carboxylic acids is 1. The number of hydrogen-bond acceptors (Lipinski definition) is 4. The molecule has 1 heterocycles. The van der Waals surface area contributed by atoms with E-state index in [1.807, 2.05) is 38.2 Å². The van der Waals surface area contributed by atoms with Crippen molar-refractivity contribution in [2.75, 3.05) is 27.2 Å². The van der Waals surface area contributed by atoms with Gasteiger partial charge in [-0.05, 0) is 31.0 Å². The molecule has 1 amide bonds. The first-order valence-electron chi connectivity index (χ1n) is 8.67. The molecule has 140 valence electrons. The third-order valence-electron chi connectivity index (χ3n) is 3.81. The van der Waals surface area contributed by atoms with Crippen LogP contribution < -0.4 is 10.6 Å². The molecular formula is C18H27N7O. The van der Waals surface area contributed by atoms with Crippen molar-refractivity contribution in [3.63, 3.8) is 0 Å². The van der Waals surface area contributed by atoms with Gasteiger partial charge in [0, 0.05) is 39.8 Å². The van der Waals surface area contributed by atoms with E-state index in [4.69, 9.17) is 0 Å². The van der Waals surface area contributed by atoms with Crippen molar-refractivity contribution in [2.45, 2.75) is 19.9 Å². The normalized spacial score (nSPS) is 11.3. The molecule has 2 rings (SSSR count). The van der Waals surface area contributed by atoms with Crippen LogP contribution in [0.25, 0.3) is 0 Å². The fourth-order valence-electron chi connectivity index (χ4n) is 2.40. The molecule has 0 aliphatic rings. The molecule has 0 saturated heterocycles. The Morgan fingerprint density at radius 1 is 1.31 bits per heavy atom. The highest BCUT2D eigenvalue weighted by Crippen LogP contribution is 2.07. The second-order valence-electron chi connectivity index (χ2n) is 6.07. The highest BCUT2D eigenvalue weighted by Gasteiger charge is 2.08. The van der Waals surface area contributed by atoms with Crippen LogP contribution in [-0.4, -0.2) is 58.7 Å². The molecule has 8 nitrogen and oxygen atoms in total. The van der Waals surface area contributed by atoms with Gasteiger partial charge in [-0.25, -0.2) is 9.98 Å². The van der Waals surface area contributed by atoms with E-state index in [1.54, 1.807) is 23.7 Å². The van der Waals surface area contributed by atoms with Crippen LogP contribution in [0, 0.1) is 0 Å². The number of aromatic nitrogens is 3. The Bertz CT molecular complexity index is 752. The lowest BCUT2D eigenvalue weighted by Gasteiger charge is -2.13. The summed E-state index contributed by atoms with van der Waals surface area (Å²) in [5.41, 5.74) is 1.81. The molecule has 0 unspecified atom stereocenters. The predicted octanol–water partition coefficient (Wildman–Crippen LogP) is 0.815. The van der Waals surface area contributed by atoms with E-state index in [9.17, 15) is 4.79 Å². The van der Waals surface area contributed by atoms with Crippen molar-refractivity contribution in [1.29, 1.82) is 0 Å². The van der Waals surface area contributed by atoms with Crippen molar-refractivity contribution < 1.29 is 4.79 Å². The molecule has 8 heteroatoms. The highest BCUT2D eigenvalue weighted by atomic mass is 16.2. The molecule has 0 fully saturated rings. The Hall–Kier alpha value is -2.90. The zero-order chi connectivity index (χ0) is 18.9. The summed E-state index contributed by atoms with van der Waals surface area (Å²) in [5.74, 6) is 1.55. The quantitative estimate of drug-likeness (QED) is 0.566. The van der Waals surface area contributed by atoms with Crippen molar-refractivity contribution in [3.8, 4) is 0 Å². The van der Waals surface area contributed by atoms with Gasteiger partial charge in [0.05, 0.1) is 0 Å². The number of guanidine groups is 1. The Kier molecular flexibility index (Phi) is 7.13. The minimum absolute atomic E-state index is 0.0124. The summed E-state index contributed by atoms with van der Waals surface area (Å²) in [5, 5.41) is 10.6. The molecule has 26 heavy (non-hydrogen) atoms. The maximum atomic E-state index is 12.1. The monoisotopic (exact) mass is 357 g/mol. The molecule has 0 radical (unpaired) electrons. The van der Waals surface area contributed by atoms with Gasteiger partial charge in [-0.3, -0.25) is 9.48 Å². The fraction of sp³-hybridized carbons (Fsp3) is 0.444. The van der Waals surface area contributed by atoms with E-state index in [2.05, 4.69) is 25.7 Å². The summed E-state index contributed by atoms with van der Waals surface area (Å²) in [6, 6.07) is 7.72. The highest BCUT2D eigenvalue weighted by molar-refractivity contribution is 5.94. The van der Waals surface area contributed by atoms with Crippen LogP contribution in [0.3, 0.4) is 0 Å². The first-order chi connectivity index (χ1) is 12.5. The van der Waals surface area contributed by atoms with Crippen LogP contribution in [0.1, 0.15) is 28.7 Å². The number of aliphatic imine (C=N–C) groups is 1. The Balaban J connectivity index is 1.92. The van der Waals surface area contributed by atoms with Gasteiger partial charge in [0.2, 0.25) is 0 Å². The number of benzene rings is 1. The minimum Gasteiger partial charge on any atom is -0.357 e. The van der Waals surface area contributed by atoms with Gasteiger partial charge in [0.25, 0.3) is 5.91 Å². The number of hydrogen-bond donors (Lipinski definition) is 2. The van der Waals surface area contributed by atoms with Crippen LogP contribution in [0.2, 0.25) is 0 Å². The Morgan fingerprint density at radius 2 is 2.12 bits per heavy atom. The maximum Gasteiger partial charge on any atom is 0.253 e. The standard InChI is InChI=1S/C18H27N7O/c1-5-19-18(21-12-16-22-13-23-25(16)4)20-10-9-14-7-6-8-15(11-14)17(26)24(2)3/h6-8,11,13H,5,9-10,12H2,1-4H3,(H2,19,20,21). The van der Waals surface area contributed by atoms with Crippen LogP contribution in [0.15, 0.2) is 35.6 Å². The predicted molar refractivity (Wildman–Crippen MR) is 102 cm³/mol. The summed E-state index contributed by atoms with van der Waals surface area (Å²) < 4.78 is 1.71. The summed E-state index contributed by atoms with van der Waals surface area (Å²) in [6.07, 6.45) is 2.32. The molecule has 1 aromatic heterocycles. The third kappa shape index (κ3) is 5.58. The lowest BCUT2D eigenvalue weighted by Crippen LogP contribution is -2.38. The molecule has 1 aromatic carbocycles. The van der Waals surface area contributed by atoms with Crippen LogP contribution >= 0.6 is 0 Å². The zero-order valence-electron chi connectivity index (χ0n) is 15.9. The first-order valence-corrected chi connectivity index (χ1v) is 8.67. The van der Waals surface area contributed by atoms with Crippen LogP contribution in [-0.2, 0) is 20.0 Å². The first kappa shape index (κ1) is 19.4. The van der Waals surface area contributed by atoms with Gasteiger partial charge in [-0.1, -0.05) is 12.1 Å². The molecule has 0 bridgehead atoms. The molecule has 2 N–H and O–H groups in total. The molecular weight excluding hydrogens is 330 g/mol. The molecule has 2 aromatic rings. The van der Waals surface area contributed by atoms with E-state index in [0.29, 0.717) is 18.7 Å². The smallest absolute Gasteiger partial charge is 0.253 e. The minimum atomic E-state index is 0.0124. The molecule has 0 atom stereocenters. The van der Waals surface area contributed by atoms with Gasteiger partial charge in [-0.15, -0.1) is 0 Å². The summed E-state index contributed by atoms with van der Waals surface area (Å²) >= 11 is 0. The molecule has 0 aliphatic carbocycles. The van der Waals surface area contributed by atoms with Crippen molar-refractivity contribution >= 4 is 11.9 Å². The number of aryl methyl sites for hydroxylation is 1. The largest absolute Gasteiger partial charge is 0.357 e. The van der Waals surface area contributed by atoms with Crippen molar-refractivity contribution in [2.24, 2.45) is 12.0 Å². The third-order valence-corrected chi connectivity index (χ3v) is 3.81. The summed E-state index contributed by atoms with van der Waals surface area (Å²) in [6.45, 7) is 3.97. The van der Waals surface area contributed by atoms with Crippen LogP contribution in [0.5, 0.6) is 0 Å². The fourth-order valence-corrected chi connectivity index (χ4v) is 2.40. The number of rotatable bonds is 7. The molecule has 0 saturated carbocycles. The van der Waals surface area contributed by atoms with E-state index in [1.165, 1.54) is 6.33 Å². The summed E-state index contributed by atoms with van der Waals surface area (Å²) in [4.78, 5) is 22.3. The average molecular weight is 357 g/mol.